The zero-order valence-electron chi connectivity index (χ0n) is 8.58. The van der Waals surface area contributed by atoms with Crippen LogP contribution in [-0.2, 0) is 16.1 Å². The zero-order chi connectivity index (χ0) is 11.5. The lowest BCUT2D eigenvalue weighted by Gasteiger charge is -2.26. The van der Waals surface area contributed by atoms with Gasteiger partial charge >= 0.3 is 0 Å². The Morgan fingerprint density at radius 1 is 1.50 bits per heavy atom. The van der Waals surface area contributed by atoms with Crippen molar-refractivity contribution in [3.05, 3.63) is 34.1 Å². The second-order valence-corrected chi connectivity index (χ2v) is 4.47. The summed E-state index contributed by atoms with van der Waals surface area (Å²) in [6.07, 6.45) is 0. The fourth-order valence-corrected chi connectivity index (χ4v) is 2.00. The molecule has 5 heteroatoms. The molecule has 0 unspecified atom stereocenters. The van der Waals surface area contributed by atoms with Crippen LogP contribution in [0.15, 0.2) is 22.7 Å². The second kappa shape index (κ2) is 4.93. The van der Waals surface area contributed by atoms with Gasteiger partial charge in [0.15, 0.2) is 0 Å². The van der Waals surface area contributed by atoms with E-state index in [4.69, 9.17) is 4.74 Å². The average Bonchev–Trinajstić information content (AvgIpc) is 2.27. The van der Waals surface area contributed by atoms with Crippen LogP contribution in [0.2, 0.25) is 0 Å². The highest BCUT2D eigenvalue weighted by Gasteiger charge is 2.18. The van der Waals surface area contributed by atoms with Crippen molar-refractivity contribution in [1.82, 2.24) is 4.90 Å². The number of amides is 1. The summed E-state index contributed by atoms with van der Waals surface area (Å²) in [5.41, 5.74) is 0.906. The molecule has 2 rings (SSSR count). The summed E-state index contributed by atoms with van der Waals surface area (Å²) in [6.45, 7) is 1.80. The van der Waals surface area contributed by atoms with Gasteiger partial charge in [-0.2, -0.15) is 0 Å². The van der Waals surface area contributed by atoms with E-state index in [-0.39, 0.29) is 18.3 Å². The van der Waals surface area contributed by atoms with Crippen LogP contribution in [0.25, 0.3) is 0 Å². The summed E-state index contributed by atoms with van der Waals surface area (Å²) in [5.74, 6) is -0.316. The van der Waals surface area contributed by atoms with E-state index in [9.17, 15) is 9.18 Å². The molecule has 0 aromatic heterocycles. The predicted octanol–water partition coefficient (Wildman–Crippen LogP) is 1.95. The number of nitrogens with zero attached hydrogens (tertiary/aromatic N) is 1. The summed E-state index contributed by atoms with van der Waals surface area (Å²) in [7, 11) is 0. The Morgan fingerprint density at radius 3 is 3.00 bits per heavy atom. The number of rotatable bonds is 2. The van der Waals surface area contributed by atoms with Gasteiger partial charge in [-0.15, -0.1) is 0 Å². The van der Waals surface area contributed by atoms with Crippen LogP contribution < -0.4 is 0 Å². The number of ether oxygens (including phenoxy) is 1. The maximum Gasteiger partial charge on any atom is 0.248 e. The molecule has 0 N–H and O–H groups in total. The summed E-state index contributed by atoms with van der Waals surface area (Å²) < 4.78 is 18.5. The molecule has 1 aromatic carbocycles. The van der Waals surface area contributed by atoms with E-state index < -0.39 is 0 Å². The molecule has 16 heavy (non-hydrogen) atoms. The van der Waals surface area contributed by atoms with E-state index in [1.165, 1.54) is 6.07 Å². The molecule has 1 aliphatic rings. The number of hydrogen-bond donors (Lipinski definition) is 0. The van der Waals surface area contributed by atoms with E-state index >= 15 is 0 Å². The first-order valence-corrected chi connectivity index (χ1v) is 5.75. The van der Waals surface area contributed by atoms with Crippen molar-refractivity contribution < 1.29 is 13.9 Å². The zero-order valence-corrected chi connectivity index (χ0v) is 10.2. The third-order valence-electron chi connectivity index (χ3n) is 2.44. The van der Waals surface area contributed by atoms with Crippen molar-refractivity contribution in [2.75, 3.05) is 19.8 Å². The predicted molar refractivity (Wildman–Crippen MR) is 60.3 cm³/mol. The third kappa shape index (κ3) is 2.59. The SMILES string of the molecule is O=C1COCCN1Cc1ccc(F)c(Br)c1. The van der Waals surface area contributed by atoms with Crippen LogP contribution in [0.3, 0.4) is 0 Å². The van der Waals surface area contributed by atoms with Gasteiger partial charge in [-0.25, -0.2) is 4.39 Å². The monoisotopic (exact) mass is 287 g/mol. The summed E-state index contributed by atoms with van der Waals surface area (Å²) in [5, 5.41) is 0. The normalized spacial score (nSPS) is 16.6. The van der Waals surface area contributed by atoms with Gasteiger partial charge in [-0.05, 0) is 33.6 Å². The standard InChI is InChI=1S/C11H11BrFNO2/c12-9-5-8(1-2-10(9)13)6-14-3-4-16-7-11(14)15/h1-2,5H,3-4,6-7H2. The summed E-state index contributed by atoms with van der Waals surface area (Å²) in [6, 6.07) is 4.77. The third-order valence-corrected chi connectivity index (χ3v) is 3.05. The maximum atomic E-state index is 13.0. The van der Waals surface area contributed by atoms with Crippen LogP contribution >= 0.6 is 15.9 Å². The number of halogens is 2. The maximum absolute atomic E-state index is 13.0. The Kier molecular flexibility index (Phi) is 3.56. The first-order valence-electron chi connectivity index (χ1n) is 4.96. The first kappa shape index (κ1) is 11.5. The highest BCUT2D eigenvalue weighted by Crippen LogP contribution is 2.18. The van der Waals surface area contributed by atoms with Crippen LogP contribution in [0.4, 0.5) is 4.39 Å². The largest absolute Gasteiger partial charge is 0.370 e. The van der Waals surface area contributed by atoms with E-state index in [1.54, 1.807) is 17.0 Å². The van der Waals surface area contributed by atoms with E-state index in [2.05, 4.69) is 15.9 Å². The highest BCUT2D eigenvalue weighted by molar-refractivity contribution is 9.10. The molecule has 0 aliphatic carbocycles. The molecule has 0 atom stereocenters. The molecule has 1 amide bonds. The summed E-state index contributed by atoms with van der Waals surface area (Å²) in [4.78, 5) is 13.2. The van der Waals surface area contributed by atoms with Gasteiger partial charge < -0.3 is 9.64 Å². The lowest BCUT2D eigenvalue weighted by atomic mass is 10.2. The van der Waals surface area contributed by atoms with Gasteiger partial charge in [0.2, 0.25) is 5.91 Å². The molecule has 1 aromatic rings. The lowest BCUT2D eigenvalue weighted by molar-refractivity contribution is -0.143. The van der Waals surface area contributed by atoms with Gasteiger partial charge in [0.1, 0.15) is 12.4 Å². The molecule has 1 heterocycles. The Hall–Kier alpha value is -0.940. The van der Waals surface area contributed by atoms with Crippen molar-refractivity contribution in [1.29, 1.82) is 0 Å². The molecule has 86 valence electrons. The van der Waals surface area contributed by atoms with Crippen LogP contribution in [0.5, 0.6) is 0 Å². The first-order chi connectivity index (χ1) is 7.66. The van der Waals surface area contributed by atoms with Crippen molar-refractivity contribution in [3.63, 3.8) is 0 Å². The molecule has 1 fully saturated rings. The number of hydrogen-bond acceptors (Lipinski definition) is 2. The fourth-order valence-electron chi connectivity index (χ4n) is 1.58. The van der Waals surface area contributed by atoms with Gasteiger partial charge in [-0.1, -0.05) is 6.07 Å². The fraction of sp³-hybridized carbons (Fsp3) is 0.364. The van der Waals surface area contributed by atoms with E-state index in [1.807, 2.05) is 0 Å². The quantitative estimate of drug-likeness (QED) is 0.832. The van der Waals surface area contributed by atoms with Crippen molar-refractivity contribution in [3.8, 4) is 0 Å². The molecule has 0 saturated carbocycles. The topological polar surface area (TPSA) is 29.5 Å². The van der Waals surface area contributed by atoms with Crippen LogP contribution in [0, 0.1) is 5.82 Å². The summed E-state index contributed by atoms with van der Waals surface area (Å²) >= 11 is 3.12. The van der Waals surface area contributed by atoms with E-state index in [0.717, 1.165) is 5.56 Å². The molecule has 0 radical (unpaired) electrons. The molecular formula is C11H11BrFNO2. The Morgan fingerprint density at radius 2 is 2.31 bits per heavy atom. The van der Waals surface area contributed by atoms with Crippen molar-refractivity contribution >= 4 is 21.8 Å². The Labute approximate surface area is 101 Å². The van der Waals surface area contributed by atoms with Gasteiger partial charge in [0.25, 0.3) is 0 Å². The number of benzene rings is 1. The minimum Gasteiger partial charge on any atom is -0.370 e. The molecule has 1 saturated heterocycles. The van der Waals surface area contributed by atoms with Gasteiger partial charge in [0.05, 0.1) is 11.1 Å². The van der Waals surface area contributed by atoms with Crippen LogP contribution in [-0.4, -0.2) is 30.6 Å². The molecule has 0 bridgehead atoms. The van der Waals surface area contributed by atoms with Gasteiger partial charge in [-0.3, -0.25) is 4.79 Å². The Bertz CT molecular complexity index is 411. The van der Waals surface area contributed by atoms with E-state index in [0.29, 0.717) is 24.2 Å². The van der Waals surface area contributed by atoms with Gasteiger partial charge in [0, 0.05) is 13.1 Å². The van der Waals surface area contributed by atoms with Crippen LogP contribution in [0.1, 0.15) is 5.56 Å². The number of carbonyl (C=O) groups excluding carboxylic acids is 1. The molecule has 0 spiro atoms. The number of morpholine rings is 1. The number of carbonyl (C=O) groups is 1. The average molecular weight is 288 g/mol. The lowest BCUT2D eigenvalue weighted by Crippen LogP contribution is -2.40. The smallest absolute Gasteiger partial charge is 0.248 e. The minimum atomic E-state index is -0.294. The molecule has 1 aliphatic heterocycles. The molecular weight excluding hydrogens is 277 g/mol. The highest BCUT2D eigenvalue weighted by atomic mass is 79.9. The molecule has 3 nitrogen and oxygen atoms in total. The Balaban J connectivity index is 2.08. The minimum absolute atomic E-state index is 0.0216. The van der Waals surface area contributed by atoms with Crippen molar-refractivity contribution in [2.45, 2.75) is 6.54 Å². The second-order valence-electron chi connectivity index (χ2n) is 3.62. The van der Waals surface area contributed by atoms with Crippen molar-refractivity contribution in [2.24, 2.45) is 0 Å².